The predicted molar refractivity (Wildman–Crippen MR) is 96.8 cm³/mol. The van der Waals surface area contributed by atoms with E-state index < -0.39 is 0 Å². The Labute approximate surface area is 143 Å². The maximum atomic E-state index is 5.25. The van der Waals surface area contributed by atoms with Gasteiger partial charge in [0.1, 0.15) is 7.11 Å². The van der Waals surface area contributed by atoms with Crippen LogP contribution in [0.3, 0.4) is 0 Å². The molecule has 3 heteroatoms. The molecule has 0 spiro atoms. The highest BCUT2D eigenvalue weighted by molar-refractivity contribution is 5.91. The van der Waals surface area contributed by atoms with Gasteiger partial charge >= 0.3 is 0 Å². The molecule has 1 aliphatic carbocycles. The lowest BCUT2D eigenvalue weighted by Crippen LogP contribution is -2.50. The number of hydrogen-bond donors (Lipinski definition) is 1. The Morgan fingerprint density at radius 2 is 1.33 bits per heavy atom. The number of hydrogen-bond acceptors (Lipinski definition) is 3. The van der Waals surface area contributed by atoms with Gasteiger partial charge in [0.15, 0.2) is 0 Å². The van der Waals surface area contributed by atoms with Gasteiger partial charge < -0.3 is 10.2 Å². The second-order valence-corrected chi connectivity index (χ2v) is 6.79. The Kier molecular flexibility index (Phi) is 4.35. The predicted octanol–water partition coefficient (Wildman–Crippen LogP) is 4.49. The highest BCUT2D eigenvalue weighted by atomic mass is 16.6. The van der Waals surface area contributed by atoms with Crippen molar-refractivity contribution in [1.82, 2.24) is 5.32 Å². The quantitative estimate of drug-likeness (QED) is 0.845. The minimum Gasteiger partial charge on any atom is -0.399 e. The molecule has 2 aliphatic rings. The normalized spacial score (nSPS) is 31.0. The zero-order valence-electron chi connectivity index (χ0n) is 14.1. The molecule has 0 amide bonds. The van der Waals surface area contributed by atoms with Crippen LogP contribution in [0.4, 0.5) is 0 Å². The van der Waals surface area contributed by atoms with E-state index in [1.54, 1.807) is 7.11 Å². The van der Waals surface area contributed by atoms with Crippen molar-refractivity contribution in [3.05, 3.63) is 71.8 Å². The van der Waals surface area contributed by atoms with Crippen molar-refractivity contribution in [2.75, 3.05) is 7.11 Å². The third-order valence-electron chi connectivity index (χ3n) is 5.47. The van der Waals surface area contributed by atoms with E-state index in [0.29, 0.717) is 23.9 Å². The lowest BCUT2D eigenvalue weighted by Gasteiger charge is -2.47. The largest absolute Gasteiger partial charge is 0.399 e. The minimum absolute atomic E-state index is 0.293. The van der Waals surface area contributed by atoms with Crippen LogP contribution in [0.15, 0.2) is 65.8 Å². The summed E-state index contributed by atoms with van der Waals surface area (Å²) in [5.74, 6) is 0.845. The molecule has 0 radical (unpaired) electrons. The van der Waals surface area contributed by atoms with Gasteiger partial charge in [0.25, 0.3) is 0 Å². The Morgan fingerprint density at radius 1 is 0.833 bits per heavy atom. The molecular weight excluding hydrogens is 296 g/mol. The second kappa shape index (κ2) is 6.78. The molecule has 2 aromatic rings. The standard InChI is InChI=1S/C21H24N2O/c1-24-23-21-17-13-8-14-18(21)20(16-11-6-3-7-12-16)22-19(17)15-9-4-2-5-10-15/h2-7,9-12,17-20,22H,8,13-14H2,1H3/t17-,18+,19+,20-. The van der Waals surface area contributed by atoms with Crippen molar-refractivity contribution < 1.29 is 4.84 Å². The van der Waals surface area contributed by atoms with Crippen LogP contribution in [0.2, 0.25) is 0 Å². The van der Waals surface area contributed by atoms with Crippen molar-refractivity contribution in [2.24, 2.45) is 17.0 Å². The monoisotopic (exact) mass is 320 g/mol. The van der Waals surface area contributed by atoms with E-state index in [4.69, 9.17) is 4.84 Å². The first-order valence-corrected chi connectivity index (χ1v) is 8.85. The molecule has 3 nitrogen and oxygen atoms in total. The van der Waals surface area contributed by atoms with Crippen LogP contribution in [-0.4, -0.2) is 12.8 Å². The van der Waals surface area contributed by atoms with Gasteiger partial charge in [-0.15, -0.1) is 0 Å². The van der Waals surface area contributed by atoms with Crippen molar-refractivity contribution in [2.45, 2.75) is 31.3 Å². The van der Waals surface area contributed by atoms with Crippen LogP contribution in [-0.2, 0) is 4.84 Å². The highest BCUT2D eigenvalue weighted by Crippen LogP contribution is 2.46. The number of rotatable bonds is 3. The van der Waals surface area contributed by atoms with Gasteiger partial charge in [0.2, 0.25) is 0 Å². The molecule has 1 saturated carbocycles. The van der Waals surface area contributed by atoms with Crippen LogP contribution >= 0.6 is 0 Å². The molecule has 2 bridgehead atoms. The lowest BCUT2D eigenvalue weighted by molar-refractivity contribution is 0.180. The van der Waals surface area contributed by atoms with Gasteiger partial charge in [-0.2, -0.15) is 0 Å². The average molecular weight is 320 g/mol. The van der Waals surface area contributed by atoms with Gasteiger partial charge in [-0.1, -0.05) is 72.2 Å². The van der Waals surface area contributed by atoms with Crippen LogP contribution in [0.25, 0.3) is 0 Å². The summed E-state index contributed by atoms with van der Waals surface area (Å²) < 4.78 is 0. The average Bonchev–Trinajstić information content (AvgIpc) is 2.64. The summed E-state index contributed by atoms with van der Waals surface area (Å²) in [6.45, 7) is 0. The molecule has 2 aromatic carbocycles. The van der Waals surface area contributed by atoms with E-state index in [0.717, 1.165) is 0 Å². The molecule has 0 unspecified atom stereocenters. The molecule has 0 aromatic heterocycles. The number of fused-ring (bicyclic) bond motifs is 2. The first-order chi connectivity index (χ1) is 11.9. The fourth-order valence-corrected chi connectivity index (χ4v) is 4.45. The van der Waals surface area contributed by atoms with Crippen molar-refractivity contribution in [3.8, 4) is 0 Å². The van der Waals surface area contributed by atoms with Gasteiger partial charge in [-0.05, 0) is 24.0 Å². The zero-order chi connectivity index (χ0) is 16.4. The zero-order valence-corrected chi connectivity index (χ0v) is 14.1. The topological polar surface area (TPSA) is 33.6 Å². The van der Waals surface area contributed by atoms with E-state index in [2.05, 4.69) is 71.1 Å². The second-order valence-electron chi connectivity index (χ2n) is 6.79. The fraction of sp³-hybridized carbons (Fsp3) is 0.381. The van der Waals surface area contributed by atoms with E-state index in [9.17, 15) is 0 Å². The van der Waals surface area contributed by atoms with Gasteiger partial charge in [-0.25, -0.2) is 0 Å². The van der Waals surface area contributed by atoms with Gasteiger partial charge in [0, 0.05) is 23.9 Å². The van der Waals surface area contributed by atoms with E-state index in [-0.39, 0.29) is 0 Å². The molecule has 1 aliphatic heterocycles. The molecule has 1 heterocycles. The number of nitrogens with zero attached hydrogens (tertiary/aromatic N) is 1. The molecule has 2 fully saturated rings. The number of nitrogens with one attached hydrogen (secondary N) is 1. The molecule has 24 heavy (non-hydrogen) atoms. The molecule has 124 valence electrons. The van der Waals surface area contributed by atoms with E-state index in [1.165, 1.54) is 36.1 Å². The smallest absolute Gasteiger partial charge is 0.106 e. The first-order valence-electron chi connectivity index (χ1n) is 8.85. The van der Waals surface area contributed by atoms with Crippen molar-refractivity contribution in [3.63, 3.8) is 0 Å². The Balaban J connectivity index is 1.77. The molecule has 4 atom stereocenters. The molecular formula is C21H24N2O. The maximum Gasteiger partial charge on any atom is 0.106 e. The summed E-state index contributed by atoms with van der Waals surface area (Å²) in [5, 5.41) is 8.44. The summed E-state index contributed by atoms with van der Waals surface area (Å²) in [4.78, 5) is 5.25. The van der Waals surface area contributed by atoms with E-state index in [1.807, 2.05) is 0 Å². The van der Waals surface area contributed by atoms with Gasteiger partial charge in [0.05, 0.1) is 5.71 Å². The summed E-state index contributed by atoms with van der Waals surface area (Å²) in [6.07, 6.45) is 3.60. The van der Waals surface area contributed by atoms with E-state index >= 15 is 0 Å². The van der Waals surface area contributed by atoms with Crippen LogP contribution in [0.5, 0.6) is 0 Å². The number of piperidine rings is 1. The Bertz CT molecular complexity index is 643. The van der Waals surface area contributed by atoms with Crippen molar-refractivity contribution in [1.29, 1.82) is 0 Å². The third kappa shape index (κ3) is 2.73. The summed E-state index contributed by atoms with van der Waals surface area (Å²) in [7, 11) is 1.67. The maximum absolute atomic E-state index is 5.25. The van der Waals surface area contributed by atoms with Crippen LogP contribution in [0.1, 0.15) is 42.5 Å². The minimum atomic E-state index is 0.293. The molecule has 1 N–H and O–H groups in total. The van der Waals surface area contributed by atoms with Crippen LogP contribution in [0, 0.1) is 11.8 Å². The summed E-state index contributed by atoms with van der Waals surface area (Å²) >= 11 is 0. The summed E-state index contributed by atoms with van der Waals surface area (Å²) in [5.41, 5.74) is 3.92. The van der Waals surface area contributed by atoms with Crippen LogP contribution < -0.4 is 5.32 Å². The fourth-order valence-electron chi connectivity index (χ4n) is 4.45. The number of benzene rings is 2. The first kappa shape index (κ1) is 15.4. The molecule has 4 rings (SSSR count). The summed E-state index contributed by atoms with van der Waals surface area (Å²) in [6, 6.07) is 22.1. The lowest BCUT2D eigenvalue weighted by atomic mass is 9.67. The van der Waals surface area contributed by atoms with Crippen molar-refractivity contribution >= 4 is 5.71 Å². The SMILES string of the molecule is CON=C1[C@H]2CCC[C@@H]1[C@H](c1ccccc1)N[C@@H]2c1ccccc1. The Morgan fingerprint density at radius 3 is 1.79 bits per heavy atom. The Hall–Kier alpha value is -2.13. The van der Waals surface area contributed by atoms with Gasteiger partial charge in [-0.3, -0.25) is 0 Å². The highest BCUT2D eigenvalue weighted by Gasteiger charge is 2.45. The molecule has 1 saturated heterocycles. The number of oxime groups is 1. The third-order valence-corrected chi connectivity index (χ3v) is 5.47.